The van der Waals surface area contributed by atoms with Crippen molar-refractivity contribution in [1.29, 1.82) is 0 Å². The van der Waals surface area contributed by atoms with Crippen molar-refractivity contribution in [2.24, 2.45) is 0 Å². The summed E-state index contributed by atoms with van der Waals surface area (Å²) < 4.78 is 1.80. The highest BCUT2D eigenvalue weighted by molar-refractivity contribution is 5.90. The number of rotatable bonds is 3. The summed E-state index contributed by atoms with van der Waals surface area (Å²) in [5.41, 5.74) is 0.704. The highest BCUT2D eigenvalue weighted by atomic mass is 16.1. The zero-order valence-electron chi connectivity index (χ0n) is 8.92. The number of anilines is 1. The van der Waals surface area contributed by atoms with Gasteiger partial charge in [-0.15, -0.1) is 0 Å². The minimum Gasteiger partial charge on any atom is -0.325 e. The molecule has 82 valence electrons. The molecule has 5 heteroatoms. The second kappa shape index (κ2) is 4.57. The fraction of sp³-hybridized carbons (Fsp3) is 0.182. The van der Waals surface area contributed by atoms with Crippen LogP contribution in [0, 0.1) is 0 Å². The van der Waals surface area contributed by atoms with E-state index < -0.39 is 0 Å². The lowest BCUT2D eigenvalue weighted by atomic mass is 10.3. The maximum absolute atomic E-state index is 11.1. The number of imidazole rings is 1. The zero-order chi connectivity index (χ0) is 11.4. The summed E-state index contributed by atoms with van der Waals surface area (Å²) in [5, 5.41) is 2.74. The molecule has 0 saturated heterocycles. The third-order valence-corrected chi connectivity index (χ3v) is 2.12. The number of nitrogens with zero attached hydrogens (tertiary/aromatic N) is 3. The van der Waals surface area contributed by atoms with Crippen LogP contribution in [0.2, 0.25) is 0 Å². The third-order valence-electron chi connectivity index (χ3n) is 2.12. The van der Waals surface area contributed by atoms with Gasteiger partial charge < -0.3 is 5.32 Å². The van der Waals surface area contributed by atoms with Crippen molar-refractivity contribution < 1.29 is 4.79 Å². The van der Waals surface area contributed by atoms with Crippen molar-refractivity contribution in [3.63, 3.8) is 0 Å². The van der Waals surface area contributed by atoms with Gasteiger partial charge in [-0.25, -0.2) is 9.97 Å². The van der Waals surface area contributed by atoms with Crippen molar-refractivity contribution in [2.45, 2.75) is 13.3 Å². The fourth-order valence-electron chi connectivity index (χ4n) is 1.26. The summed E-state index contributed by atoms with van der Waals surface area (Å²) in [4.78, 5) is 19.3. The van der Waals surface area contributed by atoms with Crippen molar-refractivity contribution in [1.82, 2.24) is 14.5 Å². The van der Waals surface area contributed by atoms with Gasteiger partial charge in [-0.1, -0.05) is 6.92 Å². The van der Waals surface area contributed by atoms with Crippen LogP contribution in [0.5, 0.6) is 0 Å². The lowest BCUT2D eigenvalue weighted by molar-refractivity contribution is -0.115. The maximum atomic E-state index is 11.1. The van der Waals surface area contributed by atoms with Crippen LogP contribution in [0.25, 0.3) is 5.82 Å². The Morgan fingerprint density at radius 1 is 1.50 bits per heavy atom. The summed E-state index contributed by atoms with van der Waals surface area (Å²) in [6.07, 6.45) is 7.26. The summed E-state index contributed by atoms with van der Waals surface area (Å²) in [5.74, 6) is 0.754. The van der Waals surface area contributed by atoms with Crippen LogP contribution in [0.15, 0.2) is 37.1 Å². The Labute approximate surface area is 93.2 Å². The van der Waals surface area contributed by atoms with Gasteiger partial charge in [-0.05, 0) is 12.1 Å². The van der Waals surface area contributed by atoms with Crippen LogP contribution in [0.1, 0.15) is 13.3 Å². The average molecular weight is 216 g/mol. The van der Waals surface area contributed by atoms with E-state index in [1.807, 2.05) is 25.3 Å². The van der Waals surface area contributed by atoms with Crippen LogP contribution in [-0.2, 0) is 4.79 Å². The highest BCUT2D eigenvalue weighted by Crippen LogP contribution is 2.09. The largest absolute Gasteiger partial charge is 0.325 e. The number of aromatic nitrogens is 3. The Balaban J connectivity index is 2.14. The predicted molar refractivity (Wildman–Crippen MR) is 60.3 cm³/mol. The summed E-state index contributed by atoms with van der Waals surface area (Å²) in [6, 6.07) is 3.64. The first kappa shape index (κ1) is 10.4. The molecule has 0 saturated carbocycles. The average Bonchev–Trinajstić information content (AvgIpc) is 2.83. The van der Waals surface area contributed by atoms with E-state index in [-0.39, 0.29) is 5.91 Å². The third kappa shape index (κ3) is 2.25. The van der Waals surface area contributed by atoms with E-state index >= 15 is 0 Å². The molecule has 0 atom stereocenters. The topological polar surface area (TPSA) is 59.8 Å². The molecule has 1 amide bonds. The maximum Gasteiger partial charge on any atom is 0.224 e. The summed E-state index contributed by atoms with van der Waals surface area (Å²) in [7, 11) is 0. The van der Waals surface area contributed by atoms with Gasteiger partial charge in [0.1, 0.15) is 12.1 Å². The van der Waals surface area contributed by atoms with Gasteiger partial charge in [-0.2, -0.15) is 0 Å². The molecule has 0 aliphatic rings. The number of nitrogens with one attached hydrogen (secondary N) is 1. The molecule has 16 heavy (non-hydrogen) atoms. The first-order chi connectivity index (χ1) is 7.79. The Morgan fingerprint density at radius 3 is 2.94 bits per heavy atom. The monoisotopic (exact) mass is 216 g/mol. The molecule has 5 nitrogen and oxygen atoms in total. The number of hydrogen-bond acceptors (Lipinski definition) is 3. The fourth-order valence-corrected chi connectivity index (χ4v) is 1.26. The van der Waals surface area contributed by atoms with Gasteiger partial charge in [-0.3, -0.25) is 9.36 Å². The summed E-state index contributed by atoms with van der Waals surface area (Å²) in [6.45, 7) is 1.81. The Morgan fingerprint density at radius 2 is 2.38 bits per heavy atom. The first-order valence-corrected chi connectivity index (χ1v) is 5.04. The van der Waals surface area contributed by atoms with Crippen LogP contribution in [0.3, 0.4) is 0 Å². The second-order valence-electron chi connectivity index (χ2n) is 3.28. The molecule has 2 heterocycles. The first-order valence-electron chi connectivity index (χ1n) is 5.04. The molecule has 0 radical (unpaired) electrons. The number of pyridine rings is 1. The molecule has 0 aliphatic carbocycles. The lowest BCUT2D eigenvalue weighted by Crippen LogP contribution is -2.09. The molecule has 1 N–H and O–H groups in total. The quantitative estimate of drug-likeness (QED) is 0.848. The van der Waals surface area contributed by atoms with Crippen LogP contribution in [0.4, 0.5) is 5.69 Å². The van der Waals surface area contributed by atoms with E-state index in [1.165, 1.54) is 0 Å². The Bertz CT molecular complexity index is 461. The number of carbonyl (C=O) groups is 1. The van der Waals surface area contributed by atoms with Crippen molar-refractivity contribution in [2.75, 3.05) is 5.32 Å². The van der Waals surface area contributed by atoms with Crippen molar-refractivity contribution in [3.05, 3.63) is 37.1 Å². The predicted octanol–water partition coefficient (Wildman–Crippen LogP) is 1.62. The van der Waals surface area contributed by atoms with Crippen LogP contribution in [-0.4, -0.2) is 20.4 Å². The van der Waals surface area contributed by atoms with E-state index in [0.29, 0.717) is 12.1 Å². The molecule has 2 aromatic heterocycles. The number of hydrogen-bond donors (Lipinski definition) is 1. The summed E-state index contributed by atoms with van der Waals surface area (Å²) >= 11 is 0. The molecule has 0 aliphatic heterocycles. The molecular formula is C11H12N4O. The van der Waals surface area contributed by atoms with E-state index in [9.17, 15) is 4.79 Å². The van der Waals surface area contributed by atoms with E-state index in [0.717, 1.165) is 5.82 Å². The standard InChI is InChI=1S/C11H12N4O/c1-2-11(16)14-9-3-4-10(13-7-9)15-6-5-12-8-15/h3-8H,2H2,1H3,(H,14,16). The molecule has 0 fully saturated rings. The molecule has 0 spiro atoms. The smallest absolute Gasteiger partial charge is 0.224 e. The molecule has 2 rings (SSSR count). The zero-order valence-corrected chi connectivity index (χ0v) is 8.92. The van der Waals surface area contributed by atoms with Gasteiger partial charge in [0, 0.05) is 18.8 Å². The Hall–Kier alpha value is -2.17. The highest BCUT2D eigenvalue weighted by Gasteiger charge is 2.00. The van der Waals surface area contributed by atoms with Gasteiger partial charge in [0.25, 0.3) is 0 Å². The van der Waals surface area contributed by atoms with Crippen molar-refractivity contribution >= 4 is 11.6 Å². The minimum absolute atomic E-state index is 0.0165. The van der Waals surface area contributed by atoms with Crippen LogP contribution >= 0.6 is 0 Å². The molecular weight excluding hydrogens is 204 g/mol. The van der Waals surface area contributed by atoms with Crippen LogP contribution < -0.4 is 5.32 Å². The van der Waals surface area contributed by atoms with E-state index in [1.54, 1.807) is 23.3 Å². The molecule has 2 aromatic rings. The molecule has 0 unspecified atom stereocenters. The Kier molecular flexibility index (Phi) is 2.95. The van der Waals surface area contributed by atoms with Gasteiger partial charge in [0.15, 0.2) is 0 Å². The van der Waals surface area contributed by atoms with Gasteiger partial charge in [0.2, 0.25) is 5.91 Å². The number of carbonyl (C=O) groups excluding carboxylic acids is 1. The lowest BCUT2D eigenvalue weighted by Gasteiger charge is -2.04. The van der Waals surface area contributed by atoms with Gasteiger partial charge >= 0.3 is 0 Å². The minimum atomic E-state index is -0.0165. The SMILES string of the molecule is CCC(=O)Nc1ccc(-n2ccnc2)nc1. The van der Waals surface area contributed by atoms with E-state index in [4.69, 9.17) is 0 Å². The van der Waals surface area contributed by atoms with E-state index in [2.05, 4.69) is 15.3 Å². The number of amides is 1. The van der Waals surface area contributed by atoms with Crippen molar-refractivity contribution in [3.8, 4) is 5.82 Å². The normalized spacial score (nSPS) is 10.1. The second-order valence-corrected chi connectivity index (χ2v) is 3.28. The molecule has 0 aromatic carbocycles. The molecule has 0 bridgehead atoms. The van der Waals surface area contributed by atoms with Gasteiger partial charge in [0.05, 0.1) is 11.9 Å².